The van der Waals surface area contributed by atoms with Crippen molar-refractivity contribution in [1.82, 2.24) is 9.88 Å². The summed E-state index contributed by atoms with van der Waals surface area (Å²) in [6.45, 7) is 5.00. The average Bonchev–Trinajstić information content (AvgIpc) is 3.07. The monoisotopic (exact) mass is 414 g/mol. The number of carbonyl (C=O) groups is 1. The Labute approximate surface area is 171 Å². The molecule has 3 nitrogen and oxygen atoms in total. The SMILES string of the molecule is C=Cc1ccccc1[C@H]1CN(C(=O)c2cccnc2Cl)Cc2sc(Cl)cc21. The van der Waals surface area contributed by atoms with Gasteiger partial charge in [0.2, 0.25) is 0 Å². The summed E-state index contributed by atoms with van der Waals surface area (Å²) >= 11 is 14.0. The van der Waals surface area contributed by atoms with Gasteiger partial charge in [-0.25, -0.2) is 4.98 Å². The molecule has 1 aliphatic heterocycles. The summed E-state index contributed by atoms with van der Waals surface area (Å²) in [5.41, 5.74) is 3.80. The summed E-state index contributed by atoms with van der Waals surface area (Å²) < 4.78 is 0.731. The van der Waals surface area contributed by atoms with Crippen molar-refractivity contribution in [3.05, 3.63) is 91.9 Å². The fourth-order valence-corrected chi connectivity index (χ4v) is 5.09. The molecule has 6 heteroatoms. The number of aromatic nitrogens is 1. The molecule has 1 atom stereocenters. The molecule has 0 saturated carbocycles. The molecular weight excluding hydrogens is 399 g/mol. The molecule has 1 aromatic carbocycles. The number of carbonyl (C=O) groups excluding carboxylic acids is 1. The lowest BCUT2D eigenvalue weighted by atomic mass is 9.85. The average molecular weight is 415 g/mol. The van der Waals surface area contributed by atoms with E-state index in [2.05, 4.69) is 17.6 Å². The van der Waals surface area contributed by atoms with Gasteiger partial charge in [0.15, 0.2) is 0 Å². The third-order valence-corrected chi connectivity index (χ3v) is 6.36. The van der Waals surface area contributed by atoms with E-state index in [1.807, 2.05) is 35.2 Å². The van der Waals surface area contributed by atoms with Crippen LogP contribution in [0.15, 0.2) is 55.2 Å². The minimum Gasteiger partial charge on any atom is -0.332 e. The predicted octanol–water partition coefficient (Wildman–Crippen LogP) is 5.88. The zero-order valence-corrected chi connectivity index (χ0v) is 16.7. The van der Waals surface area contributed by atoms with Gasteiger partial charge in [0.1, 0.15) is 5.15 Å². The zero-order valence-electron chi connectivity index (χ0n) is 14.4. The molecule has 0 aliphatic carbocycles. The molecule has 3 heterocycles. The lowest BCUT2D eigenvalue weighted by Gasteiger charge is -2.34. The Morgan fingerprint density at radius 2 is 2.04 bits per heavy atom. The fraction of sp³-hybridized carbons (Fsp3) is 0.143. The third-order valence-electron chi connectivity index (χ3n) is 4.79. The molecule has 0 saturated heterocycles. The van der Waals surface area contributed by atoms with Crippen molar-refractivity contribution in [1.29, 1.82) is 0 Å². The van der Waals surface area contributed by atoms with Gasteiger partial charge in [-0.2, -0.15) is 0 Å². The number of rotatable bonds is 3. The summed E-state index contributed by atoms with van der Waals surface area (Å²) in [4.78, 5) is 20.1. The Hall–Kier alpha value is -2.14. The van der Waals surface area contributed by atoms with Crippen LogP contribution >= 0.6 is 34.5 Å². The molecular formula is C21H16Cl2N2OS. The molecule has 0 spiro atoms. The lowest BCUT2D eigenvalue weighted by Crippen LogP contribution is -2.38. The predicted molar refractivity (Wildman–Crippen MR) is 112 cm³/mol. The van der Waals surface area contributed by atoms with E-state index in [0.29, 0.717) is 18.7 Å². The number of amides is 1. The van der Waals surface area contributed by atoms with Crippen LogP contribution in [0, 0.1) is 0 Å². The van der Waals surface area contributed by atoms with E-state index in [4.69, 9.17) is 23.2 Å². The number of fused-ring (bicyclic) bond motifs is 1. The third kappa shape index (κ3) is 3.41. The molecule has 0 N–H and O–H groups in total. The minimum atomic E-state index is -0.121. The minimum absolute atomic E-state index is 0.0334. The standard InChI is InChI=1S/C21H16Cl2N2OS/c1-2-13-6-3-4-7-14(13)17-11-25(12-18-16(17)10-19(22)27-18)21(26)15-8-5-9-24-20(15)23/h2-10,17H,1,11-12H2/t17-/m1/s1. The van der Waals surface area contributed by atoms with Crippen LogP contribution in [0.3, 0.4) is 0 Å². The Kier molecular flexibility index (Phi) is 5.04. The maximum atomic E-state index is 13.1. The van der Waals surface area contributed by atoms with Crippen LogP contribution in [-0.2, 0) is 6.54 Å². The van der Waals surface area contributed by atoms with Gasteiger partial charge in [0, 0.05) is 23.5 Å². The summed E-state index contributed by atoms with van der Waals surface area (Å²) in [5.74, 6) is -0.0875. The van der Waals surface area contributed by atoms with E-state index >= 15 is 0 Å². The Balaban J connectivity index is 1.77. The molecule has 1 aliphatic rings. The number of nitrogens with zero attached hydrogens (tertiary/aromatic N) is 2. The van der Waals surface area contributed by atoms with E-state index in [0.717, 1.165) is 20.3 Å². The van der Waals surface area contributed by atoms with E-state index < -0.39 is 0 Å². The Morgan fingerprint density at radius 3 is 2.81 bits per heavy atom. The highest BCUT2D eigenvalue weighted by atomic mass is 35.5. The van der Waals surface area contributed by atoms with Crippen molar-refractivity contribution in [2.75, 3.05) is 6.54 Å². The number of thiophene rings is 1. The normalized spacial score (nSPS) is 16.1. The molecule has 2 aromatic heterocycles. The second kappa shape index (κ2) is 7.47. The maximum Gasteiger partial charge on any atom is 0.257 e. The van der Waals surface area contributed by atoms with Gasteiger partial charge in [-0.15, -0.1) is 11.3 Å². The van der Waals surface area contributed by atoms with Crippen molar-refractivity contribution in [3.63, 3.8) is 0 Å². The highest BCUT2D eigenvalue weighted by Gasteiger charge is 2.33. The van der Waals surface area contributed by atoms with Crippen LogP contribution in [0.25, 0.3) is 6.08 Å². The number of halogens is 2. The highest BCUT2D eigenvalue weighted by Crippen LogP contribution is 2.41. The van der Waals surface area contributed by atoms with E-state index in [1.54, 1.807) is 18.3 Å². The first-order valence-electron chi connectivity index (χ1n) is 8.47. The van der Waals surface area contributed by atoms with Crippen molar-refractivity contribution in [3.8, 4) is 0 Å². The summed E-state index contributed by atoms with van der Waals surface area (Å²) in [7, 11) is 0. The number of hydrogen-bond donors (Lipinski definition) is 0. The second-order valence-electron chi connectivity index (χ2n) is 6.34. The number of pyridine rings is 1. The first-order valence-corrected chi connectivity index (χ1v) is 10.0. The van der Waals surface area contributed by atoms with Crippen molar-refractivity contribution < 1.29 is 4.79 Å². The number of hydrogen-bond acceptors (Lipinski definition) is 3. The maximum absolute atomic E-state index is 13.1. The van der Waals surface area contributed by atoms with Crippen molar-refractivity contribution in [2.45, 2.75) is 12.5 Å². The molecule has 0 unspecified atom stereocenters. The second-order valence-corrected chi connectivity index (χ2v) is 8.47. The van der Waals surface area contributed by atoms with Crippen LogP contribution in [0.2, 0.25) is 9.49 Å². The Bertz CT molecular complexity index is 1030. The smallest absolute Gasteiger partial charge is 0.257 e. The van der Waals surface area contributed by atoms with Crippen molar-refractivity contribution in [2.24, 2.45) is 0 Å². The van der Waals surface area contributed by atoms with Gasteiger partial charge in [-0.3, -0.25) is 4.79 Å². The molecule has 1 amide bonds. The molecule has 4 rings (SSSR count). The summed E-state index contributed by atoms with van der Waals surface area (Å²) in [6.07, 6.45) is 3.43. The molecule has 0 radical (unpaired) electrons. The van der Waals surface area contributed by atoms with Crippen LogP contribution in [0.4, 0.5) is 0 Å². The summed E-state index contributed by atoms with van der Waals surface area (Å²) in [6, 6.07) is 13.6. The van der Waals surface area contributed by atoms with Gasteiger partial charge in [0.25, 0.3) is 5.91 Å². The van der Waals surface area contributed by atoms with E-state index in [1.165, 1.54) is 16.9 Å². The molecule has 3 aromatic rings. The van der Waals surface area contributed by atoms with Gasteiger partial charge in [-0.05, 0) is 34.9 Å². The Morgan fingerprint density at radius 1 is 1.22 bits per heavy atom. The molecule has 136 valence electrons. The number of benzene rings is 1. The van der Waals surface area contributed by atoms with Crippen molar-refractivity contribution >= 4 is 46.5 Å². The van der Waals surface area contributed by atoms with E-state index in [9.17, 15) is 4.79 Å². The van der Waals surface area contributed by atoms with Crippen LogP contribution in [-0.4, -0.2) is 22.3 Å². The first kappa shape index (κ1) is 18.2. The van der Waals surface area contributed by atoms with E-state index in [-0.39, 0.29) is 17.0 Å². The topological polar surface area (TPSA) is 33.2 Å². The van der Waals surface area contributed by atoms with Crippen LogP contribution in [0.5, 0.6) is 0 Å². The van der Waals surface area contributed by atoms with Gasteiger partial charge in [-0.1, -0.05) is 60.1 Å². The lowest BCUT2D eigenvalue weighted by molar-refractivity contribution is 0.0727. The molecule has 0 bridgehead atoms. The van der Waals surface area contributed by atoms with Gasteiger partial charge >= 0.3 is 0 Å². The quantitative estimate of drug-likeness (QED) is 0.501. The fourth-order valence-electron chi connectivity index (χ4n) is 3.53. The molecule has 27 heavy (non-hydrogen) atoms. The van der Waals surface area contributed by atoms with Gasteiger partial charge in [0.05, 0.1) is 16.4 Å². The summed E-state index contributed by atoms with van der Waals surface area (Å²) in [5, 5.41) is 0.223. The zero-order chi connectivity index (χ0) is 19.0. The van der Waals surface area contributed by atoms with Crippen LogP contribution in [0.1, 0.15) is 37.8 Å². The first-order chi connectivity index (χ1) is 13.1. The highest BCUT2D eigenvalue weighted by molar-refractivity contribution is 7.16. The largest absolute Gasteiger partial charge is 0.332 e. The van der Waals surface area contributed by atoms with Crippen LogP contribution < -0.4 is 0 Å². The van der Waals surface area contributed by atoms with Gasteiger partial charge < -0.3 is 4.90 Å². The molecule has 0 fully saturated rings.